The lowest BCUT2D eigenvalue weighted by atomic mass is 10.1. The molecule has 0 spiro atoms. The van der Waals surface area contributed by atoms with E-state index in [-0.39, 0.29) is 10.8 Å². The van der Waals surface area contributed by atoms with Gasteiger partial charge in [0, 0.05) is 18.7 Å². The molecule has 0 saturated carbocycles. The van der Waals surface area contributed by atoms with Crippen LogP contribution < -0.4 is 9.62 Å². The van der Waals surface area contributed by atoms with Gasteiger partial charge in [0.15, 0.2) is 0 Å². The zero-order valence-electron chi connectivity index (χ0n) is 14.7. The average molecular weight is 358 g/mol. The standard InChI is InChI=1S/C19H22N2O3S/c1-13-6-4-7-17(15(13)3)20-25(23,24)16-9-10-18(14(2)12-16)21-11-5-8-19(21)22/h4,6-7,9-10,12,20H,5,8,11H2,1-3H3. The minimum Gasteiger partial charge on any atom is -0.312 e. The maximum atomic E-state index is 12.7. The van der Waals surface area contributed by atoms with Crippen LogP contribution in [0.15, 0.2) is 41.3 Å². The van der Waals surface area contributed by atoms with Crippen LogP contribution in [-0.4, -0.2) is 20.9 Å². The topological polar surface area (TPSA) is 66.5 Å². The molecule has 5 nitrogen and oxygen atoms in total. The van der Waals surface area contributed by atoms with E-state index in [1.54, 1.807) is 29.2 Å². The van der Waals surface area contributed by atoms with E-state index in [1.807, 2.05) is 32.9 Å². The molecule has 2 aromatic carbocycles. The highest BCUT2D eigenvalue weighted by Gasteiger charge is 2.24. The summed E-state index contributed by atoms with van der Waals surface area (Å²) in [5, 5.41) is 0. The molecule has 1 aliphatic rings. The molecule has 25 heavy (non-hydrogen) atoms. The van der Waals surface area contributed by atoms with Crippen molar-refractivity contribution in [1.82, 2.24) is 0 Å². The van der Waals surface area contributed by atoms with Crippen LogP contribution >= 0.6 is 0 Å². The molecule has 132 valence electrons. The average Bonchev–Trinajstić information content (AvgIpc) is 2.97. The Morgan fingerprint density at radius 2 is 1.80 bits per heavy atom. The SMILES string of the molecule is Cc1cc(S(=O)(=O)Nc2cccc(C)c2C)ccc1N1CCCC1=O. The van der Waals surface area contributed by atoms with E-state index in [2.05, 4.69) is 4.72 Å². The molecule has 1 N–H and O–H groups in total. The summed E-state index contributed by atoms with van der Waals surface area (Å²) in [5.41, 5.74) is 4.07. The Kier molecular flexibility index (Phi) is 4.56. The van der Waals surface area contributed by atoms with Gasteiger partial charge in [-0.05, 0) is 68.1 Å². The summed E-state index contributed by atoms with van der Waals surface area (Å²) in [5.74, 6) is 0.0900. The largest absolute Gasteiger partial charge is 0.312 e. The Morgan fingerprint density at radius 1 is 1.04 bits per heavy atom. The fourth-order valence-corrected chi connectivity index (χ4v) is 4.27. The Balaban J connectivity index is 1.91. The number of rotatable bonds is 4. The number of amides is 1. The third kappa shape index (κ3) is 3.39. The van der Waals surface area contributed by atoms with Crippen molar-refractivity contribution in [3.8, 4) is 0 Å². The predicted octanol–water partition coefficient (Wildman–Crippen LogP) is 3.54. The van der Waals surface area contributed by atoms with Crippen LogP contribution in [0.3, 0.4) is 0 Å². The van der Waals surface area contributed by atoms with Gasteiger partial charge in [-0.15, -0.1) is 0 Å². The van der Waals surface area contributed by atoms with Crippen LogP contribution in [0.5, 0.6) is 0 Å². The van der Waals surface area contributed by atoms with Crippen molar-refractivity contribution in [3.63, 3.8) is 0 Å². The molecule has 1 saturated heterocycles. The molecule has 0 aromatic heterocycles. The van der Waals surface area contributed by atoms with Gasteiger partial charge in [0.1, 0.15) is 0 Å². The molecular weight excluding hydrogens is 336 g/mol. The van der Waals surface area contributed by atoms with E-state index in [0.717, 1.165) is 28.8 Å². The Bertz CT molecular complexity index is 936. The maximum absolute atomic E-state index is 12.7. The number of carbonyl (C=O) groups excluding carboxylic acids is 1. The smallest absolute Gasteiger partial charge is 0.261 e. The second-order valence-corrected chi connectivity index (χ2v) is 8.13. The second kappa shape index (κ2) is 6.52. The van der Waals surface area contributed by atoms with Gasteiger partial charge in [0.2, 0.25) is 5.91 Å². The number of hydrogen-bond donors (Lipinski definition) is 1. The summed E-state index contributed by atoms with van der Waals surface area (Å²) in [6.45, 7) is 6.35. The predicted molar refractivity (Wildman–Crippen MR) is 99.5 cm³/mol. The summed E-state index contributed by atoms with van der Waals surface area (Å²) in [6, 6.07) is 10.4. The van der Waals surface area contributed by atoms with Crippen molar-refractivity contribution in [2.45, 2.75) is 38.5 Å². The monoisotopic (exact) mass is 358 g/mol. The maximum Gasteiger partial charge on any atom is 0.261 e. The molecule has 2 aromatic rings. The molecule has 3 rings (SSSR count). The first-order valence-electron chi connectivity index (χ1n) is 8.29. The van der Waals surface area contributed by atoms with E-state index in [9.17, 15) is 13.2 Å². The summed E-state index contributed by atoms with van der Waals surface area (Å²) in [4.78, 5) is 13.8. The van der Waals surface area contributed by atoms with Crippen molar-refractivity contribution in [3.05, 3.63) is 53.1 Å². The summed E-state index contributed by atoms with van der Waals surface area (Å²) in [6.07, 6.45) is 1.39. The van der Waals surface area contributed by atoms with Crippen molar-refractivity contribution in [2.24, 2.45) is 0 Å². The van der Waals surface area contributed by atoms with Crippen LogP contribution in [-0.2, 0) is 14.8 Å². The second-order valence-electron chi connectivity index (χ2n) is 6.45. The molecule has 0 radical (unpaired) electrons. The van der Waals surface area contributed by atoms with Gasteiger partial charge in [-0.2, -0.15) is 0 Å². The van der Waals surface area contributed by atoms with Crippen LogP contribution in [0.25, 0.3) is 0 Å². The molecular formula is C19H22N2O3S. The number of hydrogen-bond acceptors (Lipinski definition) is 3. The van der Waals surface area contributed by atoms with Crippen LogP contribution in [0.4, 0.5) is 11.4 Å². The molecule has 0 bridgehead atoms. The minimum absolute atomic E-state index is 0.0900. The Morgan fingerprint density at radius 3 is 2.44 bits per heavy atom. The van der Waals surface area contributed by atoms with E-state index in [4.69, 9.17) is 0 Å². The first-order chi connectivity index (χ1) is 11.8. The van der Waals surface area contributed by atoms with Gasteiger partial charge in [0.25, 0.3) is 10.0 Å². The first-order valence-corrected chi connectivity index (χ1v) is 9.78. The quantitative estimate of drug-likeness (QED) is 0.909. The van der Waals surface area contributed by atoms with E-state index >= 15 is 0 Å². The summed E-state index contributed by atoms with van der Waals surface area (Å²) >= 11 is 0. The number of benzene rings is 2. The zero-order chi connectivity index (χ0) is 18.2. The minimum atomic E-state index is -3.68. The van der Waals surface area contributed by atoms with E-state index in [1.165, 1.54) is 0 Å². The highest BCUT2D eigenvalue weighted by atomic mass is 32.2. The first kappa shape index (κ1) is 17.5. The van der Waals surface area contributed by atoms with Crippen molar-refractivity contribution in [2.75, 3.05) is 16.2 Å². The number of nitrogens with one attached hydrogen (secondary N) is 1. The van der Waals surface area contributed by atoms with Gasteiger partial charge in [-0.1, -0.05) is 12.1 Å². The Hall–Kier alpha value is -2.34. The Labute approximate surface area is 148 Å². The highest BCUT2D eigenvalue weighted by molar-refractivity contribution is 7.92. The summed E-state index contributed by atoms with van der Waals surface area (Å²) in [7, 11) is -3.68. The van der Waals surface area contributed by atoms with Gasteiger partial charge in [-0.3, -0.25) is 9.52 Å². The van der Waals surface area contributed by atoms with Gasteiger partial charge < -0.3 is 4.90 Å². The molecule has 0 unspecified atom stereocenters. The van der Waals surface area contributed by atoms with Crippen LogP contribution in [0.1, 0.15) is 29.5 Å². The molecule has 1 aliphatic heterocycles. The van der Waals surface area contributed by atoms with Gasteiger partial charge in [-0.25, -0.2) is 8.42 Å². The van der Waals surface area contributed by atoms with E-state index < -0.39 is 10.0 Å². The van der Waals surface area contributed by atoms with Gasteiger partial charge >= 0.3 is 0 Å². The lowest BCUT2D eigenvalue weighted by Crippen LogP contribution is -2.24. The fraction of sp³-hybridized carbons (Fsp3) is 0.316. The normalized spacial score (nSPS) is 14.8. The fourth-order valence-electron chi connectivity index (χ4n) is 3.07. The lowest BCUT2D eigenvalue weighted by Gasteiger charge is -2.19. The van der Waals surface area contributed by atoms with Crippen LogP contribution in [0.2, 0.25) is 0 Å². The number of nitrogens with zero attached hydrogens (tertiary/aromatic N) is 1. The zero-order valence-corrected chi connectivity index (χ0v) is 15.5. The van der Waals surface area contributed by atoms with Crippen LogP contribution in [0, 0.1) is 20.8 Å². The highest BCUT2D eigenvalue weighted by Crippen LogP contribution is 2.28. The number of anilines is 2. The number of sulfonamides is 1. The third-order valence-corrected chi connectivity index (χ3v) is 6.05. The molecule has 1 heterocycles. The van der Waals surface area contributed by atoms with Crippen molar-refractivity contribution in [1.29, 1.82) is 0 Å². The molecule has 1 amide bonds. The van der Waals surface area contributed by atoms with E-state index in [0.29, 0.717) is 18.7 Å². The molecule has 6 heteroatoms. The summed E-state index contributed by atoms with van der Waals surface area (Å²) < 4.78 is 28.1. The van der Waals surface area contributed by atoms with Crippen molar-refractivity contribution < 1.29 is 13.2 Å². The molecule has 1 fully saturated rings. The van der Waals surface area contributed by atoms with Gasteiger partial charge in [0.05, 0.1) is 10.6 Å². The number of carbonyl (C=O) groups is 1. The third-order valence-electron chi connectivity index (χ3n) is 4.69. The molecule has 0 aliphatic carbocycles. The molecule has 0 atom stereocenters. The lowest BCUT2D eigenvalue weighted by molar-refractivity contribution is -0.117. The van der Waals surface area contributed by atoms with Crippen molar-refractivity contribution >= 4 is 27.3 Å². The number of aryl methyl sites for hydroxylation is 2.